The number of amides is 1. The summed E-state index contributed by atoms with van der Waals surface area (Å²) in [5.74, 6) is 0.185. The summed E-state index contributed by atoms with van der Waals surface area (Å²) in [4.78, 5) is 15.9. The molecule has 1 aliphatic rings. The first-order valence-corrected chi connectivity index (χ1v) is 6.28. The summed E-state index contributed by atoms with van der Waals surface area (Å²) in [7, 11) is 3.78. The van der Waals surface area contributed by atoms with Crippen molar-refractivity contribution in [1.29, 1.82) is 0 Å². The van der Waals surface area contributed by atoms with Crippen LogP contribution in [0.3, 0.4) is 0 Å². The van der Waals surface area contributed by atoms with Gasteiger partial charge in [-0.15, -0.1) is 0 Å². The highest BCUT2D eigenvalue weighted by molar-refractivity contribution is 5.78. The number of nitrogens with zero attached hydrogens (tertiary/aromatic N) is 2. The minimum atomic E-state index is 0.185. The van der Waals surface area contributed by atoms with Crippen LogP contribution in [0.5, 0.6) is 0 Å². The van der Waals surface area contributed by atoms with Crippen molar-refractivity contribution >= 4 is 5.91 Å². The van der Waals surface area contributed by atoms with Crippen molar-refractivity contribution < 1.29 is 9.53 Å². The monoisotopic (exact) mass is 243 g/mol. The van der Waals surface area contributed by atoms with Crippen LogP contribution in [-0.2, 0) is 9.53 Å². The Hall–Kier alpha value is -0.650. The van der Waals surface area contributed by atoms with E-state index in [9.17, 15) is 4.79 Å². The number of likely N-dealkylation sites (N-methyl/N-ethyl adjacent to an activating group) is 2. The summed E-state index contributed by atoms with van der Waals surface area (Å²) >= 11 is 0. The lowest BCUT2D eigenvalue weighted by molar-refractivity contribution is -0.134. The predicted molar refractivity (Wildman–Crippen MR) is 68.0 cm³/mol. The molecule has 1 unspecified atom stereocenters. The van der Waals surface area contributed by atoms with Gasteiger partial charge >= 0.3 is 0 Å². The van der Waals surface area contributed by atoms with Gasteiger partial charge < -0.3 is 15.0 Å². The lowest BCUT2D eigenvalue weighted by Crippen LogP contribution is -2.50. The Labute approximate surface area is 104 Å². The molecular weight excluding hydrogens is 218 g/mol. The molecule has 1 N–H and O–H groups in total. The number of hydrogen-bond donors (Lipinski definition) is 1. The van der Waals surface area contributed by atoms with Gasteiger partial charge in [0.05, 0.1) is 19.3 Å². The molecule has 1 heterocycles. The van der Waals surface area contributed by atoms with E-state index in [4.69, 9.17) is 4.74 Å². The first kappa shape index (κ1) is 14.4. The maximum Gasteiger partial charge on any atom is 0.236 e. The van der Waals surface area contributed by atoms with Gasteiger partial charge in [-0.2, -0.15) is 0 Å². The fraction of sp³-hybridized carbons (Fsp3) is 0.917. The van der Waals surface area contributed by atoms with E-state index in [0.717, 1.165) is 19.6 Å². The van der Waals surface area contributed by atoms with Crippen molar-refractivity contribution in [2.45, 2.75) is 26.0 Å². The molecule has 0 aromatic rings. The minimum absolute atomic E-state index is 0.185. The van der Waals surface area contributed by atoms with Crippen molar-refractivity contribution in [1.82, 2.24) is 15.1 Å². The van der Waals surface area contributed by atoms with Crippen LogP contribution in [0.4, 0.5) is 0 Å². The standard InChI is InChI=1S/C12H25N3O2/c1-10(2)14(4)12(16)9-15-5-6-17-11(8-15)7-13-3/h10-11,13H,5-9H2,1-4H3. The highest BCUT2D eigenvalue weighted by Gasteiger charge is 2.23. The third-order valence-electron chi connectivity index (χ3n) is 3.18. The van der Waals surface area contributed by atoms with Gasteiger partial charge in [-0.25, -0.2) is 0 Å². The molecule has 0 saturated carbocycles. The van der Waals surface area contributed by atoms with Crippen LogP contribution in [0.15, 0.2) is 0 Å². The summed E-state index contributed by atoms with van der Waals surface area (Å²) in [6.07, 6.45) is 0.200. The summed E-state index contributed by atoms with van der Waals surface area (Å²) in [5, 5.41) is 3.11. The van der Waals surface area contributed by atoms with Gasteiger partial charge in [0.2, 0.25) is 5.91 Å². The van der Waals surface area contributed by atoms with E-state index in [0.29, 0.717) is 13.2 Å². The highest BCUT2D eigenvalue weighted by Crippen LogP contribution is 2.05. The molecule has 1 fully saturated rings. The number of hydrogen-bond acceptors (Lipinski definition) is 4. The normalized spacial score (nSPS) is 21.8. The van der Waals surface area contributed by atoms with Crippen LogP contribution in [0, 0.1) is 0 Å². The first-order valence-electron chi connectivity index (χ1n) is 6.28. The molecule has 5 nitrogen and oxygen atoms in total. The molecule has 100 valence electrons. The van der Waals surface area contributed by atoms with Gasteiger partial charge in [-0.3, -0.25) is 9.69 Å². The molecule has 1 amide bonds. The molecule has 0 aromatic carbocycles. The van der Waals surface area contributed by atoms with Gasteiger partial charge in [0.15, 0.2) is 0 Å². The first-order chi connectivity index (χ1) is 8.04. The van der Waals surface area contributed by atoms with Crippen LogP contribution in [0.2, 0.25) is 0 Å². The molecule has 0 radical (unpaired) electrons. The zero-order valence-electron chi connectivity index (χ0n) is 11.4. The molecule has 0 aliphatic carbocycles. The topological polar surface area (TPSA) is 44.8 Å². The zero-order chi connectivity index (χ0) is 12.8. The summed E-state index contributed by atoms with van der Waals surface area (Å²) < 4.78 is 5.61. The Morgan fingerprint density at radius 1 is 1.59 bits per heavy atom. The van der Waals surface area contributed by atoms with E-state index in [1.54, 1.807) is 4.90 Å². The molecule has 0 bridgehead atoms. The third-order valence-corrected chi connectivity index (χ3v) is 3.18. The van der Waals surface area contributed by atoms with E-state index in [-0.39, 0.29) is 18.1 Å². The van der Waals surface area contributed by atoms with Gasteiger partial charge in [0.25, 0.3) is 0 Å². The Morgan fingerprint density at radius 2 is 2.29 bits per heavy atom. The largest absolute Gasteiger partial charge is 0.374 e. The zero-order valence-corrected chi connectivity index (χ0v) is 11.4. The molecule has 0 aromatic heterocycles. The molecule has 0 spiro atoms. The van der Waals surface area contributed by atoms with Crippen LogP contribution < -0.4 is 5.32 Å². The Kier molecular flexibility index (Phi) is 5.88. The fourth-order valence-electron chi connectivity index (χ4n) is 1.87. The molecule has 1 atom stereocenters. The second-order valence-electron chi connectivity index (χ2n) is 4.88. The number of ether oxygens (including phenoxy) is 1. The van der Waals surface area contributed by atoms with Crippen molar-refractivity contribution in [3.05, 3.63) is 0 Å². The average molecular weight is 243 g/mol. The van der Waals surface area contributed by atoms with Crippen molar-refractivity contribution in [3.8, 4) is 0 Å². The number of morpholine rings is 1. The van der Waals surface area contributed by atoms with Crippen LogP contribution in [0.1, 0.15) is 13.8 Å². The van der Waals surface area contributed by atoms with E-state index < -0.39 is 0 Å². The summed E-state index contributed by atoms with van der Waals surface area (Å²) in [6, 6.07) is 0.261. The van der Waals surface area contributed by atoms with Gasteiger partial charge in [0.1, 0.15) is 0 Å². The van der Waals surface area contributed by atoms with E-state index in [2.05, 4.69) is 10.2 Å². The van der Waals surface area contributed by atoms with E-state index in [1.165, 1.54) is 0 Å². The van der Waals surface area contributed by atoms with Crippen molar-refractivity contribution in [2.24, 2.45) is 0 Å². The Balaban J connectivity index is 2.38. The Bertz CT molecular complexity index is 244. The highest BCUT2D eigenvalue weighted by atomic mass is 16.5. The summed E-state index contributed by atoms with van der Waals surface area (Å²) in [6.45, 7) is 7.78. The van der Waals surface area contributed by atoms with Crippen LogP contribution >= 0.6 is 0 Å². The molecule has 1 aliphatic heterocycles. The van der Waals surface area contributed by atoms with Gasteiger partial charge in [-0.1, -0.05) is 0 Å². The predicted octanol–water partition coefficient (Wildman–Crippen LogP) is -0.227. The van der Waals surface area contributed by atoms with E-state index in [1.807, 2.05) is 27.9 Å². The molecule has 1 rings (SSSR count). The van der Waals surface area contributed by atoms with Crippen LogP contribution in [-0.4, -0.2) is 74.7 Å². The lowest BCUT2D eigenvalue weighted by atomic mass is 10.2. The quantitative estimate of drug-likeness (QED) is 0.725. The Morgan fingerprint density at radius 3 is 2.88 bits per heavy atom. The number of nitrogens with one attached hydrogen (secondary N) is 1. The van der Waals surface area contributed by atoms with Gasteiger partial charge in [-0.05, 0) is 20.9 Å². The third kappa shape index (κ3) is 4.61. The second kappa shape index (κ2) is 6.93. The van der Waals surface area contributed by atoms with Crippen molar-refractivity contribution in [2.75, 3.05) is 46.9 Å². The maximum atomic E-state index is 11.9. The smallest absolute Gasteiger partial charge is 0.236 e. The molecule has 17 heavy (non-hydrogen) atoms. The molecular formula is C12H25N3O2. The number of carbonyl (C=O) groups excluding carboxylic acids is 1. The van der Waals surface area contributed by atoms with E-state index >= 15 is 0 Å². The van der Waals surface area contributed by atoms with Gasteiger partial charge in [0, 0.05) is 32.7 Å². The average Bonchev–Trinajstić information content (AvgIpc) is 2.28. The fourth-order valence-corrected chi connectivity index (χ4v) is 1.87. The summed E-state index contributed by atoms with van der Waals surface area (Å²) in [5.41, 5.74) is 0. The maximum absolute atomic E-state index is 11.9. The molecule has 5 heteroatoms. The number of carbonyl (C=O) groups is 1. The second-order valence-corrected chi connectivity index (χ2v) is 4.88. The number of rotatable bonds is 5. The van der Waals surface area contributed by atoms with Crippen molar-refractivity contribution in [3.63, 3.8) is 0 Å². The molecule has 1 saturated heterocycles. The van der Waals surface area contributed by atoms with Crippen LogP contribution in [0.25, 0.3) is 0 Å². The minimum Gasteiger partial charge on any atom is -0.374 e. The lowest BCUT2D eigenvalue weighted by Gasteiger charge is -2.33. The SMILES string of the molecule is CNCC1CN(CC(=O)N(C)C(C)C)CCO1.